The minimum absolute atomic E-state index is 0.0377. The Kier molecular flexibility index (Phi) is 8.02. The fraction of sp³-hybridized carbons (Fsp3) is 0.650. The number of halogens is 2. The Bertz CT molecular complexity index is 708. The number of carbonyl (C=O) groups is 1. The van der Waals surface area contributed by atoms with Crippen LogP contribution in [0, 0.1) is 5.41 Å². The number of aromatic nitrogens is 1. The summed E-state index contributed by atoms with van der Waals surface area (Å²) in [6.45, 7) is 16.2. The number of hydrogen-bond donors (Lipinski definition) is 1. The maximum atomic E-state index is 13.7. The molecule has 0 bridgehead atoms. The van der Waals surface area contributed by atoms with Gasteiger partial charge in [-0.1, -0.05) is 41.5 Å². The average molecular weight is 414 g/mol. The molecule has 0 saturated heterocycles. The lowest BCUT2D eigenvalue weighted by molar-refractivity contribution is -0.123. The number of amides is 1. The molecule has 1 aromatic rings. The van der Waals surface area contributed by atoms with E-state index in [1.165, 1.54) is 12.3 Å². The van der Waals surface area contributed by atoms with Gasteiger partial charge in [0.1, 0.15) is 11.5 Å². The molecule has 28 heavy (non-hydrogen) atoms. The molecular formula is C20H33F2N3O2Si. The first-order valence-electron chi connectivity index (χ1n) is 9.40. The van der Waals surface area contributed by atoms with Crippen molar-refractivity contribution in [1.82, 2.24) is 4.98 Å². The Morgan fingerprint density at radius 3 is 2.36 bits per heavy atom. The summed E-state index contributed by atoms with van der Waals surface area (Å²) in [5, 5.41) is 2.67. The van der Waals surface area contributed by atoms with E-state index in [9.17, 15) is 13.6 Å². The van der Waals surface area contributed by atoms with Crippen LogP contribution in [0.4, 0.5) is 14.6 Å². The Balaban J connectivity index is 3.01. The van der Waals surface area contributed by atoms with Crippen molar-refractivity contribution >= 4 is 25.8 Å². The van der Waals surface area contributed by atoms with Gasteiger partial charge in [0, 0.05) is 17.2 Å². The topological polar surface area (TPSA) is 63.6 Å². The molecule has 1 amide bonds. The van der Waals surface area contributed by atoms with Crippen LogP contribution in [-0.2, 0) is 9.22 Å². The third-order valence-corrected chi connectivity index (χ3v) is 9.38. The minimum atomic E-state index is -2.79. The average Bonchev–Trinajstić information content (AvgIpc) is 2.53. The zero-order valence-electron chi connectivity index (χ0n) is 18.2. The fourth-order valence-electron chi connectivity index (χ4n) is 1.96. The van der Waals surface area contributed by atoms with Crippen molar-refractivity contribution in [3.8, 4) is 0 Å². The normalized spacial score (nSPS) is 13.8. The number of alkyl halides is 2. The summed E-state index contributed by atoms with van der Waals surface area (Å²) in [6.07, 6.45) is -1.34. The summed E-state index contributed by atoms with van der Waals surface area (Å²) in [6, 6.07) is 3.04. The lowest BCUT2D eigenvalue weighted by atomic mass is 9.95. The van der Waals surface area contributed by atoms with Crippen LogP contribution in [-0.4, -0.2) is 44.5 Å². The van der Waals surface area contributed by atoms with E-state index in [0.29, 0.717) is 0 Å². The molecule has 0 spiro atoms. The Morgan fingerprint density at radius 2 is 1.86 bits per heavy atom. The van der Waals surface area contributed by atoms with Gasteiger partial charge in [-0.25, -0.2) is 13.8 Å². The molecular weight excluding hydrogens is 380 g/mol. The number of nitrogens with zero attached hydrogens (tertiary/aromatic N) is 2. The largest absolute Gasteiger partial charge is 0.415 e. The quantitative estimate of drug-likeness (QED) is 0.382. The summed E-state index contributed by atoms with van der Waals surface area (Å²) in [4.78, 5) is 20.4. The maximum absolute atomic E-state index is 13.7. The van der Waals surface area contributed by atoms with Gasteiger partial charge in [-0.3, -0.25) is 9.79 Å². The fourth-order valence-corrected chi connectivity index (χ4v) is 3.00. The SMILES string of the molecule is CC(C)(C)C(=O)Nc1ncccc1/C(=N/CCO[Si](C)(C)C(C)(C)C)C(F)F. The molecule has 0 atom stereocenters. The standard InChI is InChI=1S/C20H33F2N3O2Si/c1-19(2,3)18(26)25-17-14(10-9-11-24-17)15(16(21)22)23-12-13-27-28(7,8)20(4,5)6/h9-11,16H,12-13H2,1-8H3,(H,24,25,26)/b23-15-. The van der Waals surface area contributed by atoms with Crippen LogP contribution in [0.3, 0.4) is 0 Å². The van der Waals surface area contributed by atoms with E-state index in [2.05, 4.69) is 49.2 Å². The van der Waals surface area contributed by atoms with Crippen molar-refractivity contribution in [2.24, 2.45) is 10.4 Å². The summed E-state index contributed by atoms with van der Waals surface area (Å²) in [5.41, 5.74) is -0.938. The van der Waals surface area contributed by atoms with Crippen LogP contribution in [0.15, 0.2) is 23.3 Å². The number of aliphatic imine (C=N–C) groups is 1. The van der Waals surface area contributed by atoms with Crippen LogP contribution < -0.4 is 5.32 Å². The third-order valence-electron chi connectivity index (χ3n) is 4.85. The maximum Gasteiger partial charge on any atom is 0.280 e. The van der Waals surface area contributed by atoms with E-state index < -0.39 is 25.9 Å². The van der Waals surface area contributed by atoms with Crippen molar-refractivity contribution in [2.75, 3.05) is 18.5 Å². The van der Waals surface area contributed by atoms with Crippen molar-refractivity contribution in [3.05, 3.63) is 23.9 Å². The molecule has 8 heteroatoms. The van der Waals surface area contributed by atoms with Gasteiger partial charge < -0.3 is 9.74 Å². The molecule has 0 aliphatic heterocycles. The Hall–Kier alpha value is -1.67. The predicted molar refractivity (Wildman–Crippen MR) is 113 cm³/mol. The third kappa shape index (κ3) is 6.74. The number of rotatable bonds is 7. The molecule has 0 aliphatic rings. The van der Waals surface area contributed by atoms with Gasteiger partial charge in [0.2, 0.25) is 5.91 Å². The number of nitrogens with one attached hydrogen (secondary N) is 1. The van der Waals surface area contributed by atoms with Gasteiger partial charge in [-0.2, -0.15) is 0 Å². The first-order valence-corrected chi connectivity index (χ1v) is 12.3. The van der Waals surface area contributed by atoms with E-state index in [0.717, 1.165) is 0 Å². The molecule has 0 saturated carbocycles. The van der Waals surface area contributed by atoms with Crippen molar-refractivity contribution in [2.45, 2.75) is 66.1 Å². The molecule has 0 radical (unpaired) electrons. The van der Waals surface area contributed by atoms with E-state index in [-0.39, 0.29) is 35.5 Å². The van der Waals surface area contributed by atoms with Gasteiger partial charge in [-0.15, -0.1) is 0 Å². The van der Waals surface area contributed by atoms with Gasteiger partial charge in [0.05, 0.1) is 13.2 Å². The van der Waals surface area contributed by atoms with Gasteiger partial charge in [-0.05, 0) is 30.3 Å². The lowest BCUT2D eigenvalue weighted by Gasteiger charge is -2.36. The van der Waals surface area contributed by atoms with E-state index in [1.54, 1.807) is 26.8 Å². The zero-order chi connectivity index (χ0) is 21.8. The van der Waals surface area contributed by atoms with Crippen LogP contribution in [0.1, 0.15) is 47.1 Å². The second-order valence-electron chi connectivity index (χ2n) is 9.28. The second kappa shape index (κ2) is 9.22. The van der Waals surface area contributed by atoms with Crippen molar-refractivity contribution < 1.29 is 18.0 Å². The van der Waals surface area contributed by atoms with Crippen LogP contribution in [0.2, 0.25) is 18.1 Å². The predicted octanol–water partition coefficient (Wildman–Crippen LogP) is 5.14. The summed E-state index contributed by atoms with van der Waals surface area (Å²) in [5.74, 6) is -0.214. The highest BCUT2D eigenvalue weighted by atomic mass is 28.4. The summed E-state index contributed by atoms with van der Waals surface area (Å²) >= 11 is 0. The molecule has 5 nitrogen and oxygen atoms in total. The highest BCUT2D eigenvalue weighted by molar-refractivity contribution is 6.74. The van der Waals surface area contributed by atoms with E-state index in [1.807, 2.05) is 0 Å². The van der Waals surface area contributed by atoms with Crippen molar-refractivity contribution in [1.29, 1.82) is 0 Å². The van der Waals surface area contributed by atoms with Crippen molar-refractivity contribution in [3.63, 3.8) is 0 Å². The summed E-state index contributed by atoms with van der Waals surface area (Å²) in [7, 11) is -1.96. The van der Waals surface area contributed by atoms with Crippen LogP contribution >= 0.6 is 0 Å². The number of anilines is 1. The number of hydrogen-bond acceptors (Lipinski definition) is 4. The molecule has 0 aromatic carbocycles. The molecule has 1 heterocycles. The molecule has 1 aromatic heterocycles. The van der Waals surface area contributed by atoms with E-state index in [4.69, 9.17) is 4.43 Å². The summed E-state index contributed by atoms with van der Waals surface area (Å²) < 4.78 is 33.4. The molecule has 0 fully saturated rings. The molecule has 0 aliphatic carbocycles. The lowest BCUT2D eigenvalue weighted by Crippen LogP contribution is -2.41. The van der Waals surface area contributed by atoms with Gasteiger partial charge in [0.15, 0.2) is 8.32 Å². The molecule has 1 rings (SSSR count). The smallest absolute Gasteiger partial charge is 0.280 e. The van der Waals surface area contributed by atoms with Gasteiger partial charge in [0.25, 0.3) is 6.43 Å². The Morgan fingerprint density at radius 1 is 1.25 bits per heavy atom. The highest BCUT2D eigenvalue weighted by Gasteiger charge is 2.36. The zero-order valence-corrected chi connectivity index (χ0v) is 19.2. The number of carbonyl (C=O) groups excluding carboxylic acids is 1. The minimum Gasteiger partial charge on any atom is -0.415 e. The highest BCUT2D eigenvalue weighted by Crippen LogP contribution is 2.36. The molecule has 1 N–H and O–H groups in total. The number of pyridine rings is 1. The second-order valence-corrected chi connectivity index (χ2v) is 14.1. The van der Waals surface area contributed by atoms with Crippen LogP contribution in [0.5, 0.6) is 0 Å². The first kappa shape index (κ1) is 24.4. The molecule has 158 valence electrons. The Labute approximate surface area is 168 Å². The molecule has 0 unspecified atom stereocenters. The first-order chi connectivity index (χ1) is 12.7. The van der Waals surface area contributed by atoms with Gasteiger partial charge >= 0.3 is 0 Å². The monoisotopic (exact) mass is 413 g/mol. The van der Waals surface area contributed by atoms with Crippen LogP contribution in [0.25, 0.3) is 0 Å². The van der Waals surface area contributed by atoms with E-state index >= 15 is 0 Å².